The van der Waals surface area contributed by atoms with Crippen LogP contribution in [0.25, 0.3) is 16.6 Å². The molecule has 0 unspecified atom stereocenters. The van der Waals surface area contributed by atoms with E-state index in [1.807, 2.05) is 19.2 Å². The molecule has 144 valence electrons. The molecule has 1 fully saturated rings. The Labute approximate surface area is 166 Å². The predicted molar refractivity (Wildman–Crippen MR) is 116 cm³/mol. The number of allylic oxidation sites excluding steroid dienone is 1. The Kier molecular flexibility index (Phi) is 4.63. The second kappa shape index (κ2) is 7.12. The number of H-pyrrole nitrogens is 1. The molecule has 0 atom stereocenters. The van der Waals surface area contributed by atoms with Crippen molar-refractivity contribution in [2.75, 3.05) is 14.2 Å². The lowest BCUT2D eigenvalue weighted by Gasteiger charge is -2.23. The zero-order valence-electron chi connectivity index (χ0n) is 16.7. The number of ether oxygens (including phenoxy) is 1. The van der Waals surface area contributed by atoms with Crippen LogP contribution < -0.4 is 15.4 Å². The minimum Gasteiger partial charge on any atom is -0.497 e. The van der Waals surface area contributed by atoms with Gasteiger partial charge in [-0.25, -0.2) is 0 Å². The minimum atomic E-state index is -0.0225. The molecule has 1 aliphatic rings. The summed E-state index contributed by atoms with van der Waals surface area (Å²) in [6.07, 6.45) is 4.27. The molecule has 0 saturated heterocycles. The average Bonchev–Trinajstić information content (AvgIpc) is 3.39. The lowest BCUT2D eigenvalue weighted by molar-refractivity contribution is 0.414. The lowest BCUT2D eigenvalue weighted by atomic mass is 9.97. The number of aromatic amines is 1. The fourth-order valence-corrected chi connectivity index (χ4v) is 3.91. The second-order valence-electron chi connectivity index (χ2n) is 7.48. The van der Waals surface area contributed by atoms with Crippen molar-refractivity contribution < 1.29 is 4.74 Å². The Bertz CT molecular complexity index is 1020. The van der Waals surface area contributed by atoms with Gasteiger partial charge in [0.25, 0.3) is 0 Å². The van der Waals surface area contributed by atoms with E-state index in [1.54, 1.807) is 7.11 Å². The van der Waals surface area contributed by atoms with Crippen LogP contribution in [0.5, 0.6) is 5.75 Å². The van der Waals surface area contributed by atoms with E-state index in [2.05, 4.69) is 71.7 Å². The average molecular weight is 374 g/mol. The minimum absolute atomic E-state index is 0.0225. The topological polar surface area (TPSA) is 49.1 Å². The summed E-state index contributed by atoms with van der Waals surface area (Å²) in [5.41, 5.74) is 6.67. The molecule has 1 aliphatic carbocycles. The third-order valence-electron chi connectivity index (χ3n) is 5.64. The predicted octanol–water partition coefficient (Wildman–Crippen LogP) is 4.84. The largest absolute Gasteiger partial charge is 0.497 e. The zero-order valence-corrected chi connectivity index (χ0v) is 16.7. The van der Waals surface area contributed by atoms with Gasteiger partial charge in [0, 0.05) is 41.4 Å². The van der Waals surface area contributed by atoms with E-state index in [0.29, 0.717) is 0 Å². The first-order valence-electron chi connectivity index (χ1n) is 9.64. The molecule has 4 nitrogen and oxygen atoms in total. The van der Waals surface area contributed by atoms with Crippen LogP contribution in [0, 0.1) is 6.92 Å². The Balaban J connectivity index is 1.64. The number of benzene rings is 2. The van der Waals surface area contributed by atoms with Crippen LogP contribution in [0.1, 0.15) is 29.7 Å². The van der Waals surface area contributed by atoms with Crippen molar-refractivity contribution in [3.63, 3.8) is 0 Å². The van der Waals surface area contributed by atoms with Crippen molar-refractivity contribution in [3.8, 4) is 5.75 Å². The van der Waals surface area contributed by atoms with E-state index >= 15 is 0 Å². The third-order valence-corrected chi connectivity index (χ3v) is 5.64. The van der Waals surface area contributed by atoms with Gasteiger partial charge in [0.1, 0.15) is 5.75 Å². The number of nitrogens with one attached hydrogen (secondary N) is 3. The first-order valence-corrected chi connectivity index (χ1v) is 9.64. The molecule has 0 spiro atoms. The number of methoxy groups -OCH3 is 1. The fraction of sp³-hybridized carbons (Fsp3) is 0.250. The smallest absolute Gasteiger partial charge is 0.119 e. The molecule has 0 amide bonds. The number of hydrogen-bond donors (Lipinski definition) is 3. The third kappa shape index (κ3) is 3.15. The monoisotopic (exact) mass is 373 g/mol. The van der Waals surface area contributed by atoms with Crippen LogP contribution in [0.3, 0.4) is 0 Å². The van der Waals surface area contributed by atoms with Crippen molar-refractivity contribution in [3.05, 3.63) is 83.8 Å². The molecule has 2 aromatic carbocycles. The van der Waals surface area contributed by atoms with E-state index < -0.39 is 0 Å². The highest BCUT2D eigenvalue weighted by Crippen LogP contribution is 2.53. The normalized spacial score (nSPS) is 15.3. The molecule has 1 aromatic heterocycles. The van der Waals surface area contributed by atoms with Crippen LogP contribution in [0.15, 0.2) is 67.0 Å². The molecule has 4 rings (SSSR count). The molecule has 4 heteroatoms. The number of rotatable bonds is 7. The maximum atomic E-state index is 5.32. The summed E-state index contributed by atoms with van der Waals surface area (Å²) >= 11 is 0. The quantitative estimate of drug-likeness (QED) is 0.555. The van der Waals surface area contributed by atoms with Gasteiger partial charge in [0.05, 0.1) is 12.5 Å². The van der Waals surface area contributed by atoms with Crippen molar-refractivity contribution in [2.45, 2.75) is 25.2 Å². The van der Waals surface area contributed by atoms with Crippen LogP contribution in [-0.2, 0) is 5.41 Å². The Hall–Kier alpha value is -3.14. The summed E-state index contributed by atoms with van der Waals surface area (Å²) in [6.45, 7) is 6.39. The van der Waals surface area contributed by atoms with E-state index in [0.717, 1.165) is 41.1 Å². The van der Waals surface area contributed by atoms with Crippen molar-refractivity contribution in [1.29, 1.82) is 0 Å². The highest BCUT2D eigenvalue weighted by Gasteiger charge is 2.49. The van der Waals surface area contributed by atoms with Crippen LogP contribution >= 0.6 is 0 Å². The summed E-state index contributed by atoms with van der Waals surface area (Å²) in [4.78, 5) is 3.62. The molecule has 1 saturated carbocycles. The highest BCUT2D eigenvalue weighted by molar-refractivity contribution is 5.81. The van der Waals surface area contributed by atoms with E-state index in [-0.39, 0.29) is 5.41 Å². The first kappa shape index (κ1) is 18.2. The van der Waals surface area contributed by atoms with E-state index in [9.17, 15) is 0 Å². The van der Waals surface area contributed by atoms with Gasteiger partial charge < -0.3 is 20.4 Å². The Morgan fingerprint density at radius 3 is 2.61 bits per heavy atom. The molecular formula is C24H27N3O. The number of hydrogen-bond acceptors (Lipinski definition) is 3. The molecule has 1 heterocycles. The van der Waals surface area contributed by atoms with Gasteiger partial charge in [-0.3, -0.25) is 0 Å². The molecule has 0 aliphatic heterocycles. The highest BCUT2D eigenvalue weighted by atomic mass is 16.5. The summed E-state index contributed by atoms with van der Waals surface area (Å²) in [5, 5.41) is 8.06. The van der Waals surface area contributed by atoms with Crippen molar-refractivity contribution in [2.24, 2.45) is 0 Å². The Morgan fingerprint density at radius 2 is 1.96 bits per heavy atom. The number of fused-ring (bicyclic) bond motifs is 1. The van der Waals surface area contributed by atoms with Crippen LogP contribution in [0.4, 0.5) is 0 Å². The van der Waals surface area contributed by atoms with E-state index in [1.165, 1.54) is 16.6 Å². The van der Waals surface area contributed by atoms with Gasteiger partial charge in [-0.2, -0.15) is 0 Å². The summed E-state index contributed by atoms with van der Waals surface area (Å²) in [7, 11) is 3.62. The maximum absolute atomic E-state index is 5.32. The van der Waals surface area contributed by atoms with Gasteiger partial charge >= 0.3 is 0 Å². The fourth-order valence-electron chi connectivity index (χ4n) is 3.91. The van der Waals surface area contributed by atoms with Gasteiger partial charge in [0.15, 0.2) is 0 Å². The maximum Gasteiger partial charge on any atom is 0.119 e. The summed E-state index contributed by atoms with van der Waals surface area (Å²) < 4.78 is 5.32. The summed E-state index contributed by atoms with van der Waals surface area (Å²) in [5.74, 6) is 0.858. The van der Waals surface area contributed by atoms with Gasteiger partial charge in [-0.15, -0.1) is 0 Å². The number of aryl methyl sites for hydroxylation is 1. The van der Waals surface area contributed by atoms with Gasteiger partial charge in [0.2, 0.25) is 0 Å². The number of aromatic nitrogens is 1. The second-order valence-corrected chi connectivity index (χ2v) is 7.48. The SMILES string of the molecule is C=C(N/C(=C/NC)C1(c2cc3ccccc3[nH]2)CC1)c1ccc(OC)cc1C. The molecule has 0 bridgehead atoms. The molecule has 0 radical (unpaired) electrons. The summed E-state index contributed by atoms with van der Waals surface area (Å²) in [6, 6.07) is 16.8. The van der Waals surface area contributed by atoms with Crippen molar-refractivity contribution in [1.82, 2.24) is 15.6 Å². The molecule has 3 N–H and O–H groups in total. The van der Waals surface area contributed by atoms with E-state index in [4.69, 9.17) is 4.74 Å². The zero-order chi connectivity index (χ0) is 19.7. The van der Waals surface area contributed by atoms with Crippen LogP contribution in [0.2, 0.25) is 0 Å². The van der Waals surface area contributed by atoms with Crippen LogP contribution in [-0.4, -0.2) is 19.1 Å². The van der Waals surface area contributed by atoms with Gasteiger partial charge in [-0.05, 0) is 61.0 Å². The number of para-hydroxylation sites is 1. The lowest BCUT2D eigenvalue weighted by Crippen LogP contribution is -2.25. The standard InChI is InChI=1S/C24H27N3O/c1-16-13-19(28-4)9-10-20(16)17(2)26-23(15-25-3)24(11-12-24)22-14-18-7-5-6-8-21(18)27-22/h5-10,13-15,25-27H,2,11-12H2,1,3-4H3/b23-15+. The molecular weight excluding hydrogens is 346 g/mol. The van der Waals surface area contributed by atoms with Crippen molar-refractivity contribution >= 4 is 16.6 Å². The molecule has 3 aromatic rings. The Morgan fingerprint density at radius 1 is 1.18 bits per heavy atom. The molecule has 28 heavy (non-hydrogen) atoms. The first-order chi connectivity index (χ1) is 13.6. The van der Waals surface area contributed by atoms with Gasteiger partial charge in [-0.1, -0.05) is 24.8 Å².